The molecule has 0 spiro atoms. The Hall–Kier alpha value is -2.84. The first-order valence-electron chi connectivity index (χ1n) is 10.5. The molecule has 30 heavy (non-hydrogen) atoms. The van der Waals surface area contributed by atoms with Crippen LogP contribution in [0.2, 0.25) is 0 Å². The fourth-order valence-corrected chi connectivity index (χ4v) is 4.00. The van der Waals surface area contributed by atoms with Gasteiger partial charge in [0.15, 0.2) is 0 Å². The lowest BCUT2D eigenvalue weighted by Crippen LogP contribution is -2.45. The molecule has 1 saturated carbocycles. The largest absolute Gasteiger partial charge is 0.481 e. The van der Waals surface area contributed by atoms with Crippen LogP contribution in [0.15, 0.2) is 21.7 Å². The fourth-order valence-electron chi connectivity index (χ4n) is 4.00. The molecule has 9 heteroatoms. The number of hydrogen-bond acceptors (Lipinski definition) is 5. The summed E-state index contributed by atoms with van der Waals surface area (Å²) >= 11 is 0. The second-order valence-corrected chi connectivity index (χ2v) is 8.12. The molecule has 0 radical (unpaired) electrons. The minimum absolute atomic E-state index is 0.0848. The fraction of sp³-hybridized carbons (Fsp3) is 0.571. The van der Waals surface area contributed by atoms with Gasteiger partial charge in [-0.1, -0.05) is 19.3 Å². The molecule has 3 N–H and O–H groups in total. The number of nitrogens with one attached hydrogen (secondary N) is 2. The number of fused-ring (bicyclic) bond motifs is 1. The molecule has 1 aliphatic carbocycles. The van der Waals surface area contributed by atoms with E-state index < -0.39 is 23.0 Å². The molecule has 164 valence electrons. The number of anilines is 1. The van der Waals surface area contributed by atoms with E-state index in [1.54, 1.807) is 6.07 Å². The Morgan fingerprint density at radius 3 is 2.57 bits per heavy atom. The zero-order chi connectivity index (χ0) is 21.8. The maximum Gasteiger partial charge on any atom is 0.350 e. The number of aromatic nitrogens is 2. The molecular formula is C21H29FN4O4. The van der Waals surface area contributed by atoms with Crippen molar-refractivity contribution in [2.24, 2.45) is 0 Å². The molecule has 1 aliphatic rings. The third kappa shape index (κ3) is 4.66. The van der Waals surface area contributed by atoms with Crippen molar-refractivity contribution in [1.82, 2.24) is 9.24 Å². The van der Waals surface area contributed by atoms with E-state index in [1.807, 2.05) is 13.8 Å². The Morgan fingerprint density at radius 2 is 1.93 bits per heavy atom. The van der Waals surface area contributed by atoms with Gasteiger partial charge in [0, 0.05) is 25.0 Å². The molecule has 1 heterocycles. The van der Waals surface area contributed by atoms with Gasteiger partial charge in [0.2, 0.25) is 0 Å². The highest BCUT2D eigenvalue weighted by Gasteiger charge is 2.20. The van der Waals surface area contributed by atoms with E-state index in [0.717, 1.165) is 30.4 Å². The summed E-state index contributed by atoms with van der Waals surface area (Å²) in [4.78, 5) is 36.5. The van der Waals surface area contributed by atoms with Crippen molar-refractivity contribution >= 4 is 22.6 Å². The molecule has 1 fully saturated rings. The SMILES string of the molecule is CC(C)n1c(=O)n(NCCCC(=O)O)c(=O)c2cc(F)c(NC3CCCCC3)cc21. The topological polar surface area (TPSA) is 105 Å². The van der Waals surface area contributed by atoms with Crippen molar-refractivity contribution in [1.29, 1.82) is 0 Å². The summed E-state index contributed by atoms with van der Waals surface area (Å²) in [5.41, 5.74) is 2.16. The number of carboxylic acid groups (broad SMARTS) is 1. The van der Waals surface area contributed by atoms with Crippen molar-refractivity contribution in [3.63, 3.8) is 0 Å². The first-order chi connectivity index (χ1) is 14.3. The Bertz CT molecular complexity index is 1040. The molecule has 0 unspecified atom stereocenters. The molecule has 0 bridgehead atoms. The van der Waals surface area contributed by atoms with Crippen molar-refractivity contribution in [3.8, 4) is 0 Å². The van der Waals surface area contributed by atoms with Gasteiger partial charge in [0.25, 0.3) is 5.56 Å². The third-order valence-corrected chi connectivity index (χ3v) is 5.49. The lowest BCUT2D eigenvalue weighted by atomic mass is 9.95. The summed E-state index contributed by atoms with van der Waals surface area (Å²) in [5.74, 6) is -1.49. The van der Waals surface area contributed by atoms with E-state index in [4.69, 9.17) is 5.11 Å². The van der Waals surface area contributed by atoms with E-state index >= 15 is 0 Å². The van der Waals surface area contributed by atoms with Gasteiger partial charge in [0.1, 0.15) is 5.82 Å². The molecule has 0 amide bonds. The quantitative estimate of drug-likeness (QED) is 0.567. The Labute approximate surface area is 173 Å². The number of aliphatic carboxylic acids is 1. The van der Waals surface area contributed by atoms with E-state index in [2.05, 4.69) is 10.7 Å². The van der Waals surface area contributed by atoms with E-state index in [-0.39, 0.29) is 36.9 Å². The summed E-state index contributed by atoms with van der Waals surface area (Å²) in [6, 6.07) is 2.65. The number of rotatable bonds is 8. The second kappa shape index (κ2) is 9.32. The summed E-state index contributed by atoms with van der Waals surface area (Å²) in [7, 11) is 0. The predicted octanol–water partition coefficient (Wildman–Crippen LogP) is 3.04. The van der Waals surface area contributed by atoms with Crippen LogP contribution >= 0.6 is 0 Å². The van der Waals surface area contributed by atoms with Gasteiger partial charge in [-0.25, -0.2) is 9.18 Å². The predicted molar refractivity (Wildman–Crippen MR) is 114 cm³/mol. The first-order valence-corrected chi connectivity index (χ1v) is 10.5. The van der Waals surface area contributed by atoms with Gasteiger partial charge in [-0.05, 0) is 45.2 Å². The van der Waals surface area contributed by atoms with Gasteiger partial charge in [-0.2, -0.15) is 4.68 Å². The first kappa shape index (κ1) is 21.9. The van der Waals surface area contributed by atoms with Crippen LogP contribution in [0.5, 0.6) is 0 Å². The van der Waals surface area contributed by atoms with Crippen LogP contribution < -0.4 is 22.0 Å². The summed E-state index contributed by atoms with van der Waals surface area (Å²) < 4.78 is 17.1. The molecule has 3 rings (SSSR count). The lowest BCUT2D eigenvalue weighted by molar-refractivity contribution is -0.137. The van der Waals surface area contributed by atoms with Gasteiger partial charge in [-0.3, -0.25) is 14.2 Å². The highest BCUT2D eigenvalue weighted by atomic mass is 19.1. The molecule has 0 atom stereocenters. The monoisotopic (exact) mass is 420 g/mol. The highest BCUT2D eigenvalue weighted by molar-refractivity contribution is 5.82. The standard InChI is InChI=1S/C21H29FN4O4/c1-13(2)25-18-12-17(24-14-7-4-3-5-8-14)16(22)11-15(18)20(29)26(21(25)30)23-10-6-9-19(27)28/h11-14,23-24H,3-10H2,1-2H3,(H,27,28). The molecule has 1 aromatic carbocycles. The number of halogens is 1. The molecule has 0 saturated heterocycles. The number of hydrogen-bond donors (Lipinski definition) is 3. The maximum absolute atomic E-state index is 14.8. The van der Waals surface area contributed by atoms with E-state index in [0.29, 0.717) is 11.2 Å². The summed E-state index contributed by atoms with van der Waals surface area (Å²) in [6.07, 6.45) is 5.48. The van der Waals surface area contributed by atoms with Crippen LogP contribution in [0.4, 0.5) is 10.1 Å². The Balaban J connectivity index is 2.03. The van der Waals surface area contributed by atoms with Crippen LogP contribution in [0, 0.1) is 5.82 Å². The van der Waals surface area contributed by atoms with Crippen LogP contribution in [0.1, 0.15) is 64.8 Å². The Kier molecular flexibility index (Phi) is 6.79. The Morgan fingerprint density at radius 1 is 1.23 bits per heavy atom. The average Bonchev–Trinajstić information content (AvgIpc) is 2.69. The normalized spacial score (nSPS) is 14.9. The minimum Gasteiger partial charge on any atom is -0.481 e. The summed E-state index contributed by atoms with van der Waals surface area (Å²) in [5, 5.41) is 12.1. The van der Waals surface area contributed by atoms with E-state index in [1.165, 1.54) is 17.1 Å². The number of nitrogens with zero attached hydrogens (tertiary/aromatic N) is 2. The molecule has 0 aliphatic heterocycles. The minimum atomic E-state index is -0.956. The van der Waals surface area contributed by atoms with E-state index in [9.17, 15) is 18.8 Å². The van der Waals surface area contributed by atoms with Crippen molar-refractivity contribution in [2.45, 2.75) is 70.9 Å². The number of benzene rings is 1. The highest BCUT2D eigenvalue weighted by Crippen LogP contribution is 2.26. The van der Waals surface area contributed by atoms with Gasteiger partial charge >= 0.3 is 11.7 Å². The molecule has 2 aromatic rings. The number of carboxylic acids is 1. The second-order valence-electron chi connectivity index (χ2n) is 8.12. The van der Waals surface area contributed by atoms with Gasteiger partial charge in [0.05, 0.1) is 16.6 Å². The molecule has 1 aromatic heterocycles. The number of carbonyl (C=O) groups is 1. The van der Waals surface area contributed by atoms with Crippen molar-refractivity contribution < 1.29 is 14.3 Å². The van der Waals surface area contributed by atoms with Gasteiger partial charge < -0.3 is 15.8 Å². The maximum atomic E-state index is 14.8. The smallest absolute Gasteiger partial charge is 0.350 e. The van der Waals surface area contributed by atoms with Crippen molar-refractivity contribution in [3.05, 3.63) is 38.8 Å². The average molecular weight is 420 g/mol. The lowest BCUT2D eigenvalue weighted by Gasteiger charge is -2.25. The molecular weight excluding hydrogens is 391 g/mol. The third-order valence-electron chi connectivity index (χ3n) is 5.49. The van der Waals surface area contributed by atoms with Crippen LogP contribution in [-0.2, 0) is 4.79 Å². The van der Waals surface area contributed by atoms with Crippen LogP contribution in [-0.4, -0.2) is 32.9 Å². The molecule has 8 nitrogen and oxygen atoms in total. The van der Waals surface area contributed by atoms with Crippen LogP contribution in [0.25, 0.3) is 10.9 Å². The zero-order valence-corrected chi connectivity index (χ0v) is 17.4. The van der Waals surface area contributed by atoms with Crippen LogP contribution in [0.3, 0.4) is 0 Å². The summed E-state index contributed by atoms with van der Waals surface area (Å²) in [6.45, 7) is 3.77. The zero-order valence-electron chi connectivity index (χ0n) is 17.4. The van der Waals surface area contributed by atoms with Crippen molar-refractivity contribution in [2.75, 3.05) is 17.3 Å². The van der Waals surface area contributed by atoms with Gasteiger partial charge in [-0.15, -0.1) is 0 Å².